The number of hydrogen-bond donors (Lipinski definition) is 2. The monoisotopic (exact) mass is 285 g/mol. The van der Waals surface area contributed by atoms with Gasteiger partial charge in [0.15, 0.2) is 0 Å². The molecule has 0 heterocycles. The average molecular weight is 286 g/mol. The van der Waals surface area contributed by atoms with Gasteiger partial charge >= 0.3 is 0 Å². The Labute approximate surface area is 118 Å². The lowest BCUT2D eigenvalue weighted by atomic mass is 9.76. The van der Waals surface area contributed by atoms with E-state index in [1.165, 1.54) is 12.1 Å². The quantitative estimate of drug-likeness (QED) is 0.887. The van der Waals surface area contributed by atoms with Crippen molar-refractivity contribution in [2.45, 2.75) is 38.7 Å². The molecule has 1 aliphatic rings. The Morgan fingerprint density at radius 3 is 2.84 bits per heavy atom. The molecule has 0 spiro atoms. The lowest BCUT2D eigenvalue weighted by Crippen LogP contribution is -2.34. The fraction of sp³-hybridized carbons (Fsp3) is 0.600. The van der Waals surface area contributed by atoms with Crippen LogP contribution >= 0.6 is 11.6 Å². The molecule has 2 nitrogen and oxygen atoms in total. The van der Waals surface area contributed by atoms with E-state index in [4.69, 9.17) is 17.3 Å². The topological polar surface area (TPSA) is 46.2 Å². The fourth-order valence-electron chi connectivity index (χ4n) is 3.20. The number of hydrogen-bond acceptors (Lipinski definition) is 2. The number of aliphatic hydroxyl groups is 1. The van der Waals surface area contributed by atoms with E-state index in [1.807, 2.05) is 0 Å². The van der Waals surface area contributed by atoms with Crippen LogP contribution in [0, 0.1) is 17.2 Å². The van der Waals surface area contributed by atoms with Crippen LogP contribution in [0.4, 0.5) is 4.39 Å². The summed E-state index contributed by atoms with van der Waals surface area (Å²) in [7, 11) is 0. The van der Waals surface area contributed by atoms with Crippen molar-refractivity contribution < 1.29 is 9.50 Å². The van der Waals surface area contributed by atoms with Crippen LogP contribution in [-0.2, 0) is 0 Å². The van der Waals surface area contributed by atoms with Crippen LogP contribution in [0.5, 0.6) is 0 Å². The van der Waals surface area contributed by atoms with E-state index in [-0.39, 0.29) is 10.4 Å². The molecule has 0 aliphatic heterocycles. The largest absolute Gasteiger partial charge is 0.388 e. The van der Waals surface area contributed by atoms with Gasteiger partial charge in [0.25, 0.3) is 0 Å². The molecular formula is C15H21ClFNO. The second-order valence-corrected chi connectivity index (χ2v) is 6.07. The number of nitrogens with two attached hydrogens (primary N) is 1. The van der Waals surface area contributed by atoms with Gasteiger partial charge in [-0.3, -0.25) is 0 Å². The molecule has 2 rings (SSSR count). The second kappa shape index (κ2) is 5.78. The maximum Gasteiger partial charge on any atom is 0.142 e. The molecule has 0 aromatic heterocycles. The zero-order valence-electron chi connectivity index (χ0n) is 11.2. The van der Waals surface area contributed by atoms with Crippen LogP contribution < -0.4 is 5.73 Å². The Hall–Kier alpha value is -0.640. The zero-order chi connectivity index (χ0) is 14.0. The number of rotatable bonds is 4. The summed E-state index contributed by atoms with van der Waals surface area (Å²) in [6.07, 6.45) is 3.27. The van der Waals surface area contributed by atoms with Crippen LogP contribution in [0.1, 0.15) is 44.3 Å². The summed E-state index contributed by atoms with van der Waals surface area (Å²) in [5.41, 5.74) is 6.17. The molecule has 1 aliphatic carbocycles. The van der Waals surface area contributed by atoms with E-state index in [0.717, 1.165) is 25.7 Å². The molecule has 106 valence electrons. The molecular weight excluding hydrogens is 265 g/mol. The van der Waals surface area contributed by atoms with Crippen LogP contribution in [0.15, 0.2) is 18.2 Å². The predicted octanol–water partition coefficient (Wildman–Crippen LogP) is 3.67. The van der Waals surface area contributed by atoms with Crippen LogP contribution in [0.25, 0.3) is 0 Å². The number of benzene rings is 1. The minimum atomic E-state index is -0.721. The second-order valence-electron chi connectivity index (χ2n) is 5.66. The van der Waals surface area contributed by atoms with Gasteiger partial charge in [-0.15, -0.1) is 0 Å². The summed E-state index contributed by atoms with van der Waals surface area (Å²) < 4.78 is 13.5. The summed E-state index contributed by atoms with van der Waals surface area (Å²) in [6, 6.07) is 4.50. The van der Waals surface area contributed by atoms with Crippen molar-refractivity contribution in [2.24, 2.45) is 17.1 Å². The van der Waals surface area contributed by atoms with Crippen molar-refractivity contribution in [2.75, 3.05) is 6.54 Å². The third kappa shape index (κ3) is 2.78. The van der Waals surface area contributed by atoms with Gasteiger partial charge in [0.05, 0.1) is 11.1 Å². The highest BCUT2D eigenvalue weighted by atomic mass is 35.5. The molecule has 0 amide bonds. The summed E-state index contributed by atoms with van der Waals surface area (Å²) in [6.45, 7) is 2.58. The zero-order valence-corrected chi connectivity index (χ0v) is 12.0. The Morgan fingerprint density at radius 2 is 2.32 bits per heavy atom. The van der Waals surface area contributed by atoms with Gasteiger partial charge in [0.2, 0.25) is 0 Å². The third-order valence-electron chi connectivity index (χ3n) is 4.57. The molecule has 3 atom stereocenters. The van der Waals surface area contributed by atoms with Crippen molar-refractivity contribution >= 4 is 11.6 Å². The van der Waals surface area contributed by atoms with Crippen LogP contribution in [0.2, 0.25) is 5.02 Å². The van der Waals surface area contributed by atoms with Crippen LogP contribution in [-0.4, -0.2) is 11.7 Å². The molecule has 0 bridgehead atoms. The standard InChI is InChI=1S/C15H21ClFNO/c1-2-10-5-6-15(8-10,9-18)14(19)11-3-4-12(16)13(17)7-11/h3-4,7,10,14,19H,2,5-6,8-9,18H2,1H3. The van der Waals surface area contributed by atoms with Gasteiger partial charge in [-0.1, -0.05) is 31.0 Å². The molecule has 19 heavy (non-hydrogen) atoms. The van der Waals surface area contributed by atoms with E-state index < -0.39 is 11.9 Å². The van der Waals surface area contributed by atoms with E-state index in [2.05, 4.69) is 6.92 Å². The first-order chi connectivity index (χ1) is 9.02. The van der Waals surface area contributed by atoms with E-state index >= 15 is 0 Å². The highest BCUT2D eigenvalue weighted by Crippen LogP contribution is 2.50. The molecule has 3 N–H and O–H groups in total. The predicted molar refractivity (Wildman–Crippen MR) is 75.5 cm³/mol. The highest BCUT2D eigenvalue weighted by Gasteiger charge is 2.43. The minimum absolute atomic E-state index is 0.0793. The van der Waals surface area contributed by atoms with E-state index in [0.29, 0.717) is 18.0 Å². The van der Waals surface area contributed by atoms with Crippen molar-refractivity contribution in [1.82, 2.24) is 0 Å². The Morgan fingerprint density at radius 1 is 1.58 bits per heavy atom. The molecule has 1 fully saturated rings. The van der Waals surface area contributed by atoms with E-state index in [9.17, 15) is 9.50 Å². The smallest absolute Gasteiger partial charge is 0.142 e. The first-order valence-electron chi connectivity index (χ1n) is 6.85. The van der Waals surface area contributed by atoms with Crippen LogP contribution in [0.3, 0.4) is 0 Å². The summed E-state index contributed by atoms with van der Waals surface area (Å²) in [5, 5.41) is 10.7. The van der Waals surface area contributed by atoms with Crippen molar-refractivity contribution in [3.8, 4) is 0 Å². The van der Waals surface area contributed by atoms with Crippen molar-refractivity contribution in [3.63, 3.8) is 0 Å². The van der Waals surface area contributed by atoms with Gasteiger partial charge in [-0.25, -0.2) is 4.39 Å². The number of aliphatic hydroxyl groups excluding tert-OH is 1. The molecule has 1 saturated carbocycles. The maximum atomic E-state index is 13.5. The minimum Gasteiger partial charge on any atom is -0.388 e. The van der Waals surface area contributed by atoms with Crippen molar-refractivity contribution in [1.29, 1.82) is 0 Å². The molecule has 0 saturated heterocycles. The lowest BCUT2D eigenvalue weighted by molar-refractivity contribution is 0.0299. The Kier molecular flexibility index (Phi) is 4.49. The summed E-state index contributed by atoms with van der Waals surface area (Å²) in [4.78, 5) is 0. The molecule has 3 unspecified atom stereocenters. The van der Waals surface area contributed by atoms with Gasteiger partial charge in [0, 0.05) is 12.0 Å². The molecule has 4 heteroatoms. The number of halogens is 2. The third-order valence-corrected chi connectivity index (χ3v) is 4.88. The fourth-order valence-corrected chi connectivity index (χ4v) is 3.32. The molecule has 1 aromatic rings. The molecule has 0 radical (unpaired) electrons. The lowest BCUT2D eigenvalue weighted by Gasteiger charge is -2.33. The van der Waals surface area contributed by atoms with Gasteiger partial charge < -0.3 is 10.8 Å². The van der Waals surface area contributed by atoms with E-state index in [1.54, 1.807) is 6.07 Å². The first-order valence-corrected chi connectivity index (χ1v) is 7.23. The van der Waals surface area contributed by atoms with Crippen molar-refractivity contribution in [3.05, 3.63) is 34.6 Å². The molecule has 1 aromatic carbocycles. The summed E-state index contributed by atoms with van der Waals surface area (Å²) >= 11 is 5.68. The first kappa shape index (κ1) is 14.8. The Balaban J connectivity index is 2.25. The summed E-state index contributed by atoms with van der Waals surface area (Å²) in [5.74, 6) is 0.116. The average Bonchev–Trinajstić information content (AvgIpc) is 2.86. The Bertz CT molecular complexity index is 454. The maximum absolute atomic E-state index is 13.5. The van der Waals surface area contributed by atoms with Gasteiger partial charge in [-0.2, -0.15) is 0 Å². The SMILES string of the molecule is CCC1CCC(CN)(C(O)c2ccc(Cl)c(F)c2)C1. The normalized spacial score (nSPS) is 28.6. The van der Waals surface area contributed by atoms with Gasteiger partial charge in [-0.05, 0) is 42.9 Å². The highest BCUT2D eigenvalue weighted by molar-refractivity contribution is 6.30. The van der Waals surface area contributed by atoms with Gasteiger partial charge in [0.1, 0.15) is 5.82 Å².